The molecule has 0 aliphatic heterocycles. The summed E-state index contributed by atoms with van der Waals surface area (Å²) in [4.78, 5) is 12.6. The highest BCUT2D eigenvalue weighted by Gasteiger charge is 2.12. The second kappa shape index (κ2) is 5.92. The highest BCUT2D eigenvalue weighted by Crippen LogP contribution is 2.18. The summed E-state index contributed by atoms with van der Waals surface area (Å²) in [5.74, 6) is -0.179. The Morgan fingerprint density at radius 1 is 1.21 bits per heavy atom. The highest BCUT2D eigenvalue weighted by atomic mass is 16.1. The van der Waals surface area contributed by atoms with E-state index in [4.69, 9.17) is 0 Å². The van der Waals surface area contributed by atoms with Gasteiger partial charge in [-0.05, 0) is 40.3 Å². The Labute approximate surface area is 136 Å². The zero-order valence-corrected chi connectivity index (χ0v) is 12.5. The number of carbonyl (C=O) groups excluding carboxylic acids is 1. The molecule has 0 saturated heterocycles. The van der Waals surface area contributed by atoms with Crippen LogP contribution >= 0.6 is 0 Å². The summed E-state index contributed by atoms with van der Waals surface area (Å²) in [6.07, 6.45) is 3.23. The minimum atomic E-state index is -0.179. The van der Waals surface area contributed by atoms with Crippen LogP contribution in [0, 0.1) is 0 Å². The number of tetrazole rings is 1. The Kier molecular flexibility index (Phi) is 3.47. The number of nitrogens with zero attached hydrogens (tertiary/aromatic N) is 5. The van der Waals surface area contributed by atoms with Gasteiger partial charge in [0.05, 0.1) is 18.3 Å². The average molecular weight is 319 g/mol. The number of hydrogen-bond acceptors (Lipinski definition) is 5. The summed E-state index contributed by atoms with van der Waals surface area (Å²) >= 11 is 0. The van der Waals surface area contributed by atoms with E-state index in [9.17, 15) is 4.79 Å². The van der Waals surface area contributed by atoms with Crippen LogP contribution < -0.4 is 5.32 Å². The van der Waals surface area contributed by atoms with Gasteiger partial charge in [0.25, 0.3) is 5.91 Å². The predicted molar refractivity (Wildman–Crippen MR) is 87.4 cm³/mol. The third-order valence-corrected chi connectivity index (χ3v) is 3.68. The van der Waals surface area contributed by atoms with E-state index in [1.807, 2.05) is 36.4 Å². The lowest BCUT2D eigenvalue weighted by Crippen LogP contribution is -2.15. The number of rotatable bonds is 4. The fourth-order valence-electron chi connectivity index (χ4n) is 2.53. The molecule has 0 aliphatic carbocycles. The molecule has 1 amide bonds. The lowest BCUT2D eigenvalue weighted by Gasteiger charge is -2.10. The van der Waals surface area contributed by atoms with Gasteiger partial charge < -0.3 is 5.32 Å². The van der Waals surface area contributed by atoms with Crippen molar-refractivity contribution in [3.05, 3.63) is 66.1 Å². The normalized spacial score (nSPS) is 10.8. The number of anilines is 1. The van der Waals surface area contributed by atoms with Crippen LogP contribution in [-0.2, 0) is 6.54 Å². The van der Waals surface area contributed by atoms with Crippen molar-refractivity contribution < 1.29 is 4.79 Å². The SMILES string of the molecule is O=C(Nc1ccc2[nH]ncc2c1)c1ccccc1Cn1cnnn1. The number of nitrogens with one attached hydrogen (secondary N) is 2. The minimum Gasteiger partial charge on any atom is -0.322 e. The van der Waals surface area contributed by atoms with Crippen molar-refractivity contribution in [2.75, 3.05) is 5.32 Å². The van der Waals surface area contributed by atoms with Crippen LogP contribution in [0.15, 0.2) is 55.0 Å². The van der Waals surface area contributed by atoms with Gasteiger partial charge in [0.2, 0.25) is 0 Å². The molecule has 8 nitrogen and oxygen atoms in total. The maximum Gasteiger partial charge on any atom is 0.256 e. The van der Waals surface area contributed by atoms with Crippen LogP contribution in [-0.4, -0.2) is 36.3 Å². The summed E-state index contributed by atoms with van der Waals surface area (Å²) in [5.41, 5.74) is 3.06. The molecule has 8 heteroatoms. The van der Waals surface area contributed by atoms with Gasteiger partial charge >= 0.3 is 0 Å². The zero-order valence-electron chi connectivity index (χ0n) is 12.5. The Bertz CT molecular complexity index is 991. The molecule has 0 radical (unpaired) electrons. The van der Waals surface area contributed by atoms with Gasteiger partial charge in [-0.3, -0.25) is 9.89 Å². The first kappa shape index (κ1) is 14.1. The number of amides is 1. The minimum absolute atomic E-state index is 0.179. The molecule has 2 aromatic carbocycles. The van der Waals surface area contributed by atoms with E-state index in [1.165, 1.54) is 6.33 Å². The van der Waals surface area contributed by atoms with Crippen molar-refractivity contribution in [2.45, 2.75) is 6.54 Å². The first-order chi connectivity index (χ1) is 11.8. The van der Waals surface area contributed by atoms with Gasteiger partial charge in [-0.25, -0.2) is 4.68 Å². The number of carbonyl (C=O) groups is 1. The van der Waals surface area contributed by atoms with Gasteiger partial charge in [-0.15, -0.1) is 5.10 Å². The first-order valence-corrected chi connectivity index (χ1v) is 7.33. The molecule has 2 aromatic heterocycles. The first-order valence-electron chi connectivity index (χ1n) is 7.33. The van der Waals surface area contributed by atoms with Crippen molar-refractivity contribution in [3.63, 3.8) is 0 Å². The molecule has 4 rings (SSSR count). The Hall–Kier alpha value is -3.55. The van der Waals surface area contributed by atoms with Crippen LogP contribution in [0.2, 0.25) is 0 Å². The quantitative estimate of drug-likeness (QED) is 0.598. The molecule has 2 heterocycles. The van der Waals surface area contributed by atoms with Crippen LogP contribution in [0.25, 0.3) is 10.9 Å². The molecular formula is C16H13N7O. The molecular weight excluding hydrogens is 306 g/mol. The summed E-state index contributed by atoms with van der Waals surface area (Å²) in [7, 11) is 0. The number of benzene rings is 2. The van der Waals surface area contributed by atoms with Gasteiger partial charge in [0.15, 0.2) is 0 Å². The van der Waals surface area contributed by atoms with E-state index >= 15 is 0 Å². The maximum atomic E-state index is 12.6. The molecule has 0 bridgehead atoms. The monoisotopic (exact) mass is 319 g/mol. The molecule has 0 spiro atoms. The molecule has 0 fully saturated rings. The Morgan fingerprint density at radius 2 is 2.12 bits per heavy atom. The van der Waals surface area contributed by atoms with Gasteiger partial charge in [0.1, 0.15) is 6.33 Å². The Morgan fingerprint density at radius 3 is 3.00 bits per heavy atom. The van der Waals surface area contributed by atoms with Gasteiger partial charge in [0, 0.05) is 16.6 Å². The molecule has 4 aromatic rings. The Balaban J connectivity index is 1.59. The number of fused-ring (bicyclic) bond motifs is 1. The lowest BCUT2D eigenvalue weighted by atomic mass is 10.1. The largest absolute Gasteiger partial charge is 0.322 e. The van der Waals surface area contributed by atoms with Gasteiger partial charge in [-0.2, -0.15) is 5.10 Å². The molecule has 118 valence electrons. The second-order valence-electron chi connectivity index (χ2n) is 5.29. The third kappa shape index (κ3) is 2.72. The topological polar surface area (TPSA) is 101 Å². The highest BCUT2D eigenvalue weighted by molar-refractivity contribution is 6.06. The molecule has 0 unspecified atom stereocenters. The summed E-state index contributed by atoms with van der Waals surface area (Å²) in [6.45, 7) is 0.428. The molecule has 0 aliphatic rings. The fourth-order valence-corrected chi connectivity index (χ4v) is 2.53. The number of aromatic amines is 1. The summed E-state index contributed by atoms with van der Waals surface area (Å²) < 4.78 is 1.57. The standard InChI is InChI=1S/C16H13N7O/c24-16(19-13-5-6-15-12(7-13)8-17-20-15)14-4-2-1-3-11(14)9-23-10-18-21-22-23/h1-8,10H,9H2,(H,17,20)(H,19,24). The molecule has 24 heavy (non-hydrogen) atoms. The smallest absolute Gasteiger partial charge is 0.256 e. The van der Waals surface area contributed by atoms with E-state index in [0.717, 1.165) is 16.5 Å². The van der Waals surface area contributed by atoms with Crippen LogP contribution in [0.5, 0.6) is 0 Å². The van der Waals surface area contributed by atoms with Crippen molar-refractivity contribution in [1.29, 1.82) is 0 Å². The molecule has 2 N–H and O–H groups in total. The van der Waals surface area contributed by atoms with E-state index in [0.29, 0.717) is 17.8 Å². The van der Waals surface area contributed by atoms with Crippen molar-refractivity contribution in [3.8, 4) is 0 Å². The van der Waals surface area contributed by atoms with E-state index in [2.05, 4.69) is 31.0 Å². The number of hydrogen-bond donors (Lipinski definition) is 2. The summed E-state index contributed by atoms with van der Waals surface area (Å²) in [6, 6.07) is 13.0. The molecule has 0 saturated carbocycles. The average Bonchev–Trinajstić information content (AvgIpc) is 3.26. The lowest BCUT2D eigenvalue weighted by molar-refractivity contribution is 0.102. The maximum absolute atomic E-state index is 12.6. The van der Waals surface area contributed by atoms with Crippen LogP contribution in [0.3, 0.4) is 0 Å². The molecule has 0 atom stereocenters. The van der Waals surface area contributed by atoms with E-state index < -0.39 is 0 Å². The zero-order chi connectivity index (χ0) is 16.4. The van der Waals surface area contributed by atoms with Crippen LogP contribution in [0.4, 0.5) is 5.69 Å². The van der Waals surface area contributed by atoms with Crippen molar-refractivity contribution >= 4 is 22.5 Å². The van der Waals surface area contributed by atoms with Crippen molar-refractivity contribution in [1.82, 2.24) is 30.4 Å². The van der Waals surface area contributed by atoms with Crippen molar-refractivity contribution in [2.24, 2.45) is 0 Å². The van der Waals surface area contributed by atoms with Crippen LogP contribution in [0.1, 0.15) is 15.9 Å². The van der Waals surface area contributed by atoms with E-state index in [-0.39, 0.29) is 5.91 Å². The van der Waals surface area contributed by atoms with Gasteiger partial charge in [-0.1, -0.05) is 18.2 Å². The second-order valence-corrected chi connectivity index (χ2v) is 5.29. The summed E-state index contributed by atoms with van der Waals surface area (Å²) in [5, 5.41) is 21.8. The van der Waals surface area contributed by atoms with E-state index in [1.54, 1.807) is 16.9 Å². The third-order valence-electron chi connectivity index (χ3n) is 3.68. The number of aromatic nitrogens is 6. The predicted octanol–water partition coefficient (Wildman–Crippen LogP) is 1.85. The fraction of sp³-hybridized carbons (Fsp3) is 0.0625. The number of H-pyrrole nitrogens is 1.